The summed E-state index contributed by atoms with van der Waals surface area (Å²) in [6, 6.07) is 4.91. The number of aromatic amines is 1. The molecule has 7 nitrogen and oxygen atoms in total. The second kappa shape index (κ2) is 6.54. The number of fused-ring (bicyclic) bond motifs is 1. The molecule has 2 heterocycles. The maximum atomic E-state index is 13.0. The van der Waals surface area contributed by atoms with Gasteiger partial charge in [0.15, 0.2) is 0 Å². The summed E-state index contributed by atoms with van der Waals surface area (Å²) in [5.74, 6) is -0.574. The first-order valence-corrected chi connectivity index (χ1v) is 9.20. The number of hydrogen-bond acceptors (Lipinski definition) is 5. The lowest BCUT2D eigenvalue weighted by Gasteiger charge is -2.32. The molecule has 3 rings (SSSR count). The molecule has 0 radical (unpaired) electrons. The van der Waals surface area contributed by atoms with Gasteiger partial charge in [0.25, 0.3) is 0 Å². The summed E-state index contributed by atoms with van der Waals surface area (Å²) in [4.78, 5) is 12.4. The van der Waals surface area contributed by atoms with Crippen molar-refractivity contribution in [1.82, 2.24) is 14.5 Å². The molecule has 0 fully saturated rings. The Labute approximate surface area is 144 Å². The number of halogens is 1. The molecule has 9 heteroatoms. The molecule has 2 aromatic rings. The smallest absolute Gasteiger partial charge is 0.324 e. The summed E-state index contributed by atoms with van der Waals surface area (Å²) in [6.07, 6.45) is 1.77. The van der Waals surface area contributed by atoms with Gasteiger partial charge in [-0.1, -0.05) is 11.6 Å². The van der Waals surface area contributed by atoms with Crippen molar-refractivity contribution in [2.24, 2.45) is 0 Å². The zero-order valence-corrected chi connectivity index (χ0v) is 14.5. The van der Waals surface area contributed by atoms with E-state index in [2.05, 4.69) is 10.2 Å². The second-order valence-corrected chi connectivity index (χ2v) is 7.68. The number of carbonyl (C=O) groups is 1. The molecule has 0 spiro atoms. The zero-order chi connectivity index (χ0) is 17.3. The van der Waals surface area contributed by atoms with Crippen LogP contribution in [-0.4, -0.2) is 41.5 Å². The number of sulfonamides is 1. The van der Waals surface area contributed by atoms with Crippen molar-refractivity contribution in [2.45, 2.75) is 30.8 Å². The molecule has 0 bridgehead atoms. The Hall–Kier alpha value is -1.90. The van der Waals surface area contributed by atoms with E-state index in [1.165, 1.54) is 24.3 Å². The molecule has 1 aromatic heterocycles. The zero-order valence-electron chi connectivity index (χ0n) is 12.9. The monoisotopic (exact) mass is 369 g/mol. The third kappa shape index (κ3) is 3.04. The second-order valence-electron chi connectivity index (χ2n) is 5.35. The molecule has 24 heavy (non-hydrogen) atoms. The highest BCUT2D eigenvalue weighted by molar-refractivity contribution is 7.89. The summed E-state index contributed by atoms with van der Waals surface area (Å²) < 4.78 is 32.2. The van der Waals surface area contributed by atoms with Crippen LogP contribution in [0, 0.1) is 0 Å². The van der Waals surface area contributed by atoms with Gasteiger partial charge < -0.3 is 4.74 Å². The molecule has 1 aliphatic rings. The number of esters is 1. The Morgan fingerprint density at radius 3 is 2.79 bits per heavy atom. The largest absolute Gasteiger partial charge is 0.465 e. The van der Waals surface area contributed by atoms with Gasteiger partial charge in [-0.25, -0.2) is 8.42 Å². The van der Waals surface area contributed by atoms with E-state index in [4.69, 9.17) is 16.3 Å². The standard InChI is InChI=1S/C15H16ClN3O4S/c1-2-23-15(20)14-7-13-10(8-17-18-13)9-19(14)24(21,22)12-5-3-11(16)4-6-12/h3-6,8,14H,2,7,9H2,1H3,(H,17,18)/t14-/m0/s1. The molecule has 0 saturated carbocycles. The minimum atomic E-state index is -3.88. The van der Waals surface area contributed by atoms with Gasteiger partial charge in [0, 0.05) is 29.2 Å². The number of H-pyrrole nitrogens is 1. The van der Waals surface area contributed by atoms with Crippen LogP contribution in [-0.2, 0) is 32.5 Å². The van der Waals surface area contributed by atoms with Gasteiger partial charge in [0.05, 0.1) is 17.7 Å². The summed E-state index contributed by atoms with van der Waals surface area (Å²) in [5, 5.41) is 7.17. The third-order valence-electron chi connectivity index (χ3n) is 3.86. The first kappa shape index (κ1) is 16.9. The summed E-state index contributed by atoms with van der Waals surface area (Å²) >= 11 is 5.83. The van der Waals surface area contributed by atoms with Gasteiger partial charge >= 0.3 is 5.97 Å². The maximum Gasteiger partial charge on any atom is 0.324 e. The fourth-order valence-corrected chi connectivity index (χ4v) is 4.34. The number of aromatic nitrogens is 2. The van der Waals surface area contributed by atoms with E-state index in [9.17, 15) is 13.2 Å². The van der Waals surface area contributed by atoms with Crippen molar-refractivity contribution in [3.05, 3.63) is 46.7 Å². The van der Waals surface area contributed by atoms with Crippen LogP contribution < -0.4 is 0 Å². The molecule has 0 saturated heterocycles. The third-order valence-corrected chi connectivity index (χ3v) is 5.98. The van der Waals surface area contributed by atoms with Crippen molar-refractivity contribution in [3.8, 4) is 0 Å². The molecule has 0 aliphatic carbocycles. The van der Waals surface area contributed by atoms with E-state index >= 15 is 0 Å². The Morgan fingerprint density at radius 1 is 1.42 bits per heavy atom. The average Bonchev–Trinajstić information content (AvgIpc) is 3.01. The molecule has 1 N–H and O–H groups in total. The van der Waals surface area contributed by atoms with Crippen LogP contribution in [0.5, 0.6) is 0 Å². The minimum Gasteiger partial charge on any atom is -0.465 e. The average molecular weight is 370 g/mol. The molecule has 1 atom stereocenters. The highest BCUT2D eigenvalue weighted by Gasteiger charge is 2.41. The molecular weight excluding hydrogens is 354 g/mol. The highest BCUT2D eigenvalue weighted by atomic mass is 35.5. The van der Waals surface area contributed by atoms with Crippen molar-refractivity contribution in [1.29, 1.82) is 0 Å². The number of ether oxygens (including phenoxy) is 1. The summed E-state index contributed by atoms with van der Waals surface area (Å²) in [7, 11) is -3.88. The first-order valence-electron chi connectivity index (χ1n) is 7.38. The van der Waals surface area contributed by atoms with E-state index < -0.39 is 22.0 Å². The number of benzene rings is 1. The van der Waals surface area contributed by atoms with Crippen molar-refractivity contribution < 1.29 is 17.9 Å². The Morgan fingerprint density at radius 2 is 2.12 bits per heavy atom. The van der Waals surface area contributed by atoms with Gasteiger partial charge in [-0.15, -0.1) is 0 Å². The van der Waals surface area contributed by atoms with Crippen molar-refractivity contribution >= 4 is 27.6 Å². The van der Waals surface area contributed by atoms with E-state index in [1.54, 1.807) is 13.1 Å². The molecule has 128 valence electrons. The van der Waals surface area contributed by atoms with Crippen LogP contribution in [0.3, 0.4) is 0 Å². The number of carbonyl (C=O) groups excluding carboxylic acids is 1. The van der Waals surface area contributed by atoms with Crippen LogP contribution in [0.15, 0.2) is 35.4 Å². The predicted octanol–water partition coefficient (Wildman–Crippen LogP) is 1.74. The van der Waals surface area contributed by atoms with Crippen molar-refractivity contribution in [3.63, 3.8) is 0 Å². The molecule has 1 aliphatic heterocycles. The quantitative estimate of drug-likeness (QED) is 0.829. The number of nitrogens with one attached hydrogen (secondary N) is 1. The van der Waals surface area contributed by atoms with Gasteiger partial charge in [-0.3, -0.25) is 9.89 Å². The minimum absolute atomic E-state index is 0.0558. The van der Waals surface area contributed by atoms with Crippen LogP contribution in [0.25, 0.3) is 0 Å². The molecule has 0 amide bonds. The molecule has 1 aromatic carbocycles. The van der Waals surface area contributed by atoms with Gasteiger partial charge in [0.2, 0.25) is 10.0 Å². The van der Waals surface area contributed by atoms with Crippen molar-refractivity contribution in [2.75, 3.05) is 6.61 Å². The molecular formula is C15H16ClN3O4S. The fourth-order valence-electron chi connectivity index (χ4n) is 2.66. The van der Waals surface area contributed by atoms with Crippen LogP contribution in [0.2, 0.25) is 5.02 Å². The SMILES string of the molecule is CCOC(=O)[C@@H]1Cc2[nH]ncc2CN1S(=O)(=O)c1ccc(Cl)cc1. The van der Waals surface area contributed by atoms with Crippen LogP contribution >= 0.6 is 11.6 Å². The summed E-state index contributed by atoms with van der Waals surface area (Å²) in [5.41, 5.74) is 1.49. The maximum absolute atomic E-state index is 13.0. The summed E-state index contributed by atoms with van der Waals surface area (Å²) in [6.45, 7) is 1.92. The first-order chi connectivity index (χ1) is 11.4. The number of nitrogens with zero attached hydrogens (tertiary/aromatic N) is 2. The Bertz CT molecular complexity index is 848. The van der Waals surface area contributed by atoms with E-state index in [0.29, 0.717) is 5.02 Å². The van der Waals surface area contributed by atoms with Gasteiger partial charge in [-0.05, 0) is 31.2 Å². The number of hydrogen-bond donors (Lipinski definition) is 1. The van der Waals surface area contributed by atoms with Gasteiger partial charge in [-0.2, -0.15) is 9.40 Å². The topological polar surface area (TPSA) is 92.4 Å². The van der Waals surface area contributed by atoms with Gasteiger partial charge in [0.1, 0.15) is 6.04 Å². The van der Waals surface area contributed by atoms with E-state index in [-0.39, 0.29) is 24.5 Å². The Balaban J connectivity index is 2.01. The van der Waals surface area contributed by atoms with Crippen LogP contribution in [0.4, 0.5) is 0 Å². The fraction of sp³-hybridized carbons (Fsp3) is 0.333. The molecule has 0 unspecified atom stereocenters. The van der Waals surface area contributed by atoms with Crippen LogP contribution in [0.1, 0.15) is 18.2 Å². The van der Waals surface area contributed by atoms with E-state index in [0.717, 1.165) is 15.6 Å². The lowest BCUT2D eigenvalue weighted by molar-refractivity contribution is -0.148. The Kier molecular flexibility index (Phi) is 4.62. The predicted molar refractivity (Wildman–Crippen MR) is 86.9 cm³/mol. The normalized spacial score (nSPS) is 18.2. The highest BCUT2D eigenvalue weighted by Crippen LogP contribution is 2.29. The van der Waals surface area contributed by atoms with E-state index in [1.807, 2.05) is 0 Å². The lowest BCUT2D eigenvalue weighted by Crippen LogP contribution is -2.49. The lowest BCUT2D eigenvalue weighted by atomic mass is 10.0. The number of rotatable bonds is 4.